The van der Waals surface area contributed by atoms with Gasteiger partial charge in [-0.1, -0.05) is 12.1 Å². The van der Waals surface area contributed by atoms with Crippen LogP contribution in [0.5, 0.6) is 0 Å². The van der Waals surface area contributed by atoms with Crippen LogP contribution in [0.3, 0.4) is 0 Å². The van der Waals surface area contributed by atoms with E-state index in [4.69, 9.17) is 0 Å². The van der Waals surface area contributed by atoms with Crippen LogP contribution in [0.15, 0.2) is 35.0 Å². The molecule has 4 heteroatoms. The van der Waals surface area contributed by atoms with Crippen molar-refractivity contribution < 1.29 is 10.2 Å². The summed E-state index contributed by atoms with van der Waals surface area (Å²) in [5, 5.41) is 23.4. The van der Waals surface area contributed by atoms with Gasteiger partial charge in [0.15, 0.2) is 0 Å². The van der Waals surface area contributed by atoms with Gasteiger partial charge < -0.3 is 10.2 Å². The minimum atomic E-state index is -1.72. The molecule has 0 aliphatic rings. The molecule has 2 aromatic rings. The lowest BCUT2D eigenvalue weighted by molar-refractivity contribution is -0.164. The fourth-order valence-corrected chi connectivity index (χ4v) is 2.75. The Morgan fingerprint density at radius 2 is 1.79 bits per heavy atom. The number of thiophene rings is 2. The lowest BCUT2D eigenvalue weighted by Crippen LogP contribution is -2.26. The molecule has 74 valence electrons. The minimum absolute atomic E-state index is 0.255. The molecule has 0 fully saturated rings. The Kier molecular flexibility index (Phi) is 2.69. The maximum absolute atomic E-state index is 9.82. The highest BCUT2D eigenvalue weighted by Gasteiger charge is 2.27. The van der Waals surface area contributed by atoms with Crippen LogP contribution < -0.4 is 0 Å². The van der Waals surface area contributed by atoms with Crippen molar-refractivity contribution in [3.8, 4) is 0 Å². The van der Waals surface area contributed by atoms with Gasteiger partial charge in [-0.3, -0.25) is 0 Å². The molecule has 2 aromatic heterocycles. The van der Waals surface area contributed by atoms with Crippen LogP contribution in [-0.2, 0) is 12.2 Å². The molecular weight excluding hydrogens is 216 g/mol. The maximum atomic E-state index is 9.82. The van der Waals surface area contributed by atoms with E-state index in [9.17, 15) is 10.2 Å². The lowest BCUT2D eigenvalue weighted by Gasteiger charge is -2.19. The summed E-state index contributed by atoms with van der Waals surface area (Å²) >= 11 is 2.89. The average Bonchev–Trinajstić information content (AvgIpc) is 2.71. The van der Waals surface area contributed by atoms with Crippen molar-refractivity contribution in [2.45, 2.75) is 12.2 Å². The normalized spacial score (nSPS) is 11.9. The van der Waals surface area contributed by atoms with Gasteiger partial charge in [0.25, 0.3) is 0 Å². The predicted octanol–water partition coefficient (Wildman–Crippen LogP) is 2.19. The van der Waals surface area contributed by atoms with Gasteiger partial charge in [0.2, 0.25) is 5.79 Å². The largest absolute Gasteiger partial charge is 0.361 e. The van der Waals surface area contributed by atoms with E-state index in [2.05, 4.69) is 0 Å². The molecule has 0 saturated carbocycles. The van der Waals surface area contributed by atoms with Crippen molar-refractivity contribution in [1.82, 2.24) is 0 Å². The molecule has 0 aromatic carbocycles. The summed E-state index contributed by atoms with van der Waals surface area (Å²) in [6.45, 7) is 0. The Labute approximate surface area is 90.1 Å². The second-order valence-corrected chi connectivity index (χ2v) is 5.03. The number of hydrogen-bond donors (Lipinski definition) is 2. The second-order valence-electron chi connectivity index (χ2n) is 3.05. The third-order valence-corrected chi connectivity index (χ3v) is 3.80. The monoisotopic (exact) mass is 226 g/mol. The molecule has 0 bridgehead atoms. The Morgan fingerprint density at radius 3 is 2.36 bits per heavy atom. The number of aliphatic hydroxyl groups is 2. The molecule has 0 aliphatic carbocycles. The third kappa shape index (κ3) is 2.04. The highest BCUT2D eigenvalue weighted by atomic mass is 32.1. The highest BCUT2D eigenvalue weighted by Crippen LogP contribution is 2.28. The van der Waals surface area contributed by atoms with Gasteiger partial charge in [0.05, 0.1) is 4.88 Å². The molecule has 2 heterocycles. The number of rotatable bonds is 3. The van der Waals surface area contributed by atoms with Crippen LogP contribution in [0.4, 0.5) is 0 Å². The zero-order chi connectivity index (χ0) is 10.0. The summed E-state index contributed by atoms with van der Waals surface area (Å²) in [6, 6.07) is 7.36. The van der Waals surface area contributed by atoms with Crippen molar-refractivity contribution in [3.05, 3.63) is 44.8 Å². The van der Waals surface area contributed by atoms with E-state index >= 15 is 0 Å². The Hall–Kier alpha value is -0.680. The van der Waals surface area contributed by atoms with Crippen LogP contribution in [0.2, 0.25) is 0 Å². The fraction of sp³-hybridized carbons (Fsp3) is 0.200. The van der Waals surface area contributed by atoms with Gasteiger partial charge in [0.1, 0.15) is 0 Å². The van der Waals surface area contributed by atoms with E-state index in [0.717, 1.165) is 4.88 Å². The van der Waals surface area contributed by atoms with Gasteiger partial charge in [-0.2, -0.15) is 0 Å². The van der Waals surface area contributed by atoms with E-state index in [-0.39, 0.29) is 6.42 Å². The van der Waals surface area contributed by atoms with Crippen LogP contribution >= 0.6 is 22.7 Å². The van der Waals surface area contributed by atoms with Crippen molar-refractivity contribution in [2.75, 3.05) is 0 Å². The van der Waals surface area contributed by atoms with Crippen LogP contribution in [-0.4, -0.2) is 10.2 Å². The molecule has 2 rings (SSSR count). The molecule has 0 spiro atoms. The third-order valence-electron chi connectivity index (χ3n) is 1.92. The first-order chi connectivity index (χ1) is 6.68. The van der Waals surface area contributed by atoms with Crippen molar-refractivity contribution >= 4 is 22.7 Å². The first-order valence-corrected chi connectivity index (χ1v) is 5.95. The minimum Gasteiger partial charge on any atom is -0.361 e. The van der Waals surface area contributed by atoms with Crippen molar-refractivity contribution in [1.29, 1.82) is 0 Å². The molecule has 0 saturated heterocycles. The molecule has 0 amide bonds. The fourth-order valence-electron chi connectivity index (χ4n) is 1.25. The van der Waals surface area contributed by atoms with Crippen molar-refractivity contribution in [3.63, 3.8) is 0 Å². The molecule has 2 N–H and O–H groups in total. The summed E-state index contributed by atoms with van der Waals surface area (Å²) in [5.41, 5.74) is 0. The van der Waals surface area contributed by atoms with Gasteiger partial charge in [-0.15, -0.1) is 22.7 Å². The first kappa shape index (κ1) is 9.86. The molecule has 0 atom stereocenters. The van der Waals surface area contributed by atoms with Gasteiger partial charge in [-0.25, -0.2) is 0 Å². The van der Waals surface area contributed by atoms with E-state index in [1.807, 2.05) is 29.0 Å². The molecule has 0 radical (unpaired) electrons. The molecule has 14 heavy (non-hydrogen) atoms. The van der Waals surface area contributed by atoms with E-state index in [1.54, 1.807) is 6.07 Å². The SMILES string of the molecule is OC(O)(Cc1cccs1)c1cccs1. The summed E-state index contributed by atoms with van der Waals surface area (Å²) in [5.74, 6) is -1.72. The topological polar surface area (TPSA) is 40.5 Å². The Balaban J connectivity index is 2.17. The molecule has 0 aliphatic heterocycles. The summed E-state index contributed by atoms with van der Waals surface area (Å²) < 4.78 is 0. The summed E-state index contributed by atoms with van der Waals surface area (Å²) in [4.78, 5) is 1.56. The van der Waals surface area contributed by atoms with Crippen molar-refractivity contribution in [2.24, 2.45) is 0 Å². The van der Waals surface area contributed by atoms with E-state index in [1.165, 1.54) is 22.7 Å². The zero-order valence-electron chi connectivity index (χ0n) is 7.38. The van der Waals surface area contributed by atoms with E-state index < -0.39 is 5.79 Å². The quantitative estimate of drug-likeness (QED) is 0.788. The Morgan fingerprint density at radius 1 is 1.07 bits per heavy atom. The smallest absolute Gasteiger partial charge is 0.204 e. The lowest BCUT2D eigenvalue weighted by atomic mass is 10.1. The average molecular weight is 226 g/mol. The second kappa shape index (κ2) is 3.82. The zero-order valence-corrected chi connectivity index (χ0v) is 9.02. The van der Waals surface area contributed by atoms with Crippen LogP contribution in [0.1, 0.15) is 9.75 Å². The summed E-state index contributed by atoms with van der Waals surface area (Å²) in [6.07, 6.45) is 0.255. The first-order valence-electron chi connectivity index (χ1n) is 4.19. The van der Waals surface area contributed by atoms with Crippen LogP contribution in [0, 0.1) is 0 Å². The van der Waals surface area contributed by atoms with E-state index in [0.29, 0.717) is 4.88 Å². The molecular formula is C10H10O2S2. The predicted molar refractivity (Wildman–Crippen MR) is 58.5 cm³/mol. The molecule has 0 unspecified atom stereocenters. The standard InChI is InChI=1S/C10H10O2S2/c11-10(12,9-4-2-6-14-9)7-8-3-1-5-13-8/h1-6,11-12H,7H2. The van der Waals surface area contributed by atoms with Gasteiger partial charge in [-0.05, 0) is 22.9 Å². The maximum Gasteiger partial charge on any atom is 0.204 e. The van der Waals surface area contributed by atoms with Gasteiger partial charge >= 0.3 is 0 Å². The van der Waals surface area contributed by atoms with Crippen LogP contribution in [0.25, 0.3) is 0 Å². The van der Waals surface area contributed by atoms with Gasteiger partial charge in [0, 0.05) is 11.3 Å². The molecule has 2 nitrogen and oxygen atoms in total. The highest BCUT2D eigenvalue weighted by molar-refractivity contribution is 7.10. The summed E-state index contributed by atoms with van der Waals surface area (Å²) in [7, 11) is 0. The number of hydrogen-bond acceptors (Lipinski definition) is 4. The Bertz CT molecular complexity index is 376.